The van der Waals surface area contributed by atoms with Gasteiger partial charge in [0, 0.05) is 29.6 Å². The summed E-state index contributed by atoms with van der Waals surface area (Å²) >= 11 is 0. The van der Waals surface area contributed by atoms with Gasteiger partial charge in [0.15, 0.2) is 12.1 Å². The Morgan fingerprint density at radius 3 is 2.45 bits per heavy atom. The number of hydrogen-bond donors (Lipinski definition) is 3. The molecule has 0 unspecified atom stereocenters. The minimum atomic E-state index is -1.31. The summed E-state index contributed by atoms with van der Waals surface area (Å²) in [5.74, 6) is -0.0424. The third-order valence-corrected chi connectivity index (χ3v) is 16.0. The van der Waals surface area contributed by atoms with E-state index in [4.69, 9.17) is 28.4 Å². The predicted molar refractivity (Wildman–Crippen MR) is 166 cm³/mol. The Bertz CT molecular complexity index is 1410. The molecule has 4 aliphatic heterocycles. The third kappa shape index (κ3) is 3.73. The van der Waals surface area contributed by atoms with Crippen molar-refractivity contribution in [2.45, 2.75) is 154 Å². The van der Waals surface area contributed by atoms with Gasteiger partial charge in [-0.3, -0.25) is 4.79 Å². The summed E-state index contributed by atoms with van der Waals surface area (Å²) in [6.07, 6.45) is 3.70. The number of fused-ring (bicyclic) bond motifs is 6. The highest BCUT2D eigenvalue weighted by Crippen LogP contribution is 2.88. The monoisotopic (exact) mass is 658 g/mol. The maximum atomic E-state index is 12.9. The van der Waals surface area contributed by atoms with Gasteiger partial charge < -0.3 is 43.7 Å². The van der Waals surface area contributed by atoms with Crippen LogP contribution < -0.4 is 0 Å². The van der Waals surface area contributed by atoms with Crippen LogP contribution in [0, 0.1) is 44.8 Å². The van der Waals surface area contributed by atoms with Gasteiger partial charge in [-0.1, -0.05) is 46.3 Å². The SMILES string of the molecule is CC(=O)O[C@@H]1C[C@@]23C[C@@]24CC[C@H](O[C@@H]2OC[C@@H](O)[C@H](O)[C@H]2O)C(C)(C)[C@@H]4CC=C3[C@]2(C)C[C@@H]3O[C@]4(C[C@@H](C)[C@@H]3[C@@]12C)OC[C@]1(C)O[C@H]41. The molecule has 0 radical (unpaired) electrons. The van der Waals surface area contributed by atoms with E-state index < -0.39 is 30.4 Å². The van der Waals surface area contributed by atoms with Crippen LogP contribution in [0.1, 0.15) is 93.4 Å². The number of ether oxygens (including phenoxy) is 6. The molecule has 0 amide bonds. The van der Waals surface area contributed by atoms with Crippen LogP contribution in [0.2, 0.25) is 0 Å². The van der Waals surface area contributed by atoms with Crippen molar-refractivity contribution in [3.63, 3.8) is 0 Å². The van der Waals surface area contributed by atoms with E-state index in [1.165, 1.54) is 0 Å². The van der Waals surface area contributed by atoms with E-state index in [9.17, 15) is 20.1 Å². The molecule has 4 saturated heterocycles. The number of epoxide rings is 1. The normalized spacial score (nSPS) is 61.1. The number of hydrogen-bond acceptors (Lipinski definition) is 10. The number of allylic oxidation sites excluding steroid dienone is 2. The van der Waals surface area contributed by atoms with Gasteiger partial charge in [0.25, 0.3) is 0 Å². The van der Waals surface area contributed by atoms with Crippen molar-refractivity contribution < 1.29 is 48.5 Å². The summed E-state index contributed by atoms with van der Waals surface area (Å²) in [7, 11) is 0. The first-order valence-corrected chi connectivity index (χ1v) is 18.2. The lowest BCUT2D eigenvalue weighted by molar-refractivity contribution is -0.307. The second-order valence-corrected chi connectivity index (χ2v) is 18.5. The molecule has 47 heavy (non-hydrogen) atoms. The Balaban J connectivity index is 1.06. The number of aliphatic hydroxyl groups is 3. The molecule has 9 rings (SSSR count). The maximum absolute atomic E-state index is 12.9. The Morgan fingerprint density at radius 1 is 1.00 bits per heavy atom. The summed E-state index contributed by atoms with van der Waals surface area (Å²) < 4.78 is 38.3. The van der Waals surface area contributed by atoms with Crippen LogP contribution in [0.3, 0.4) is 0 Å². The van der Waals surface area contributed by atoms with E-state index in [2.05, 4.69) is 47.6 Å². The van der Waals surface area contributed by atoms with Crippen molar-refractivity contribution in [2.75, 3.05) is 13.2 Å². The zero-order valence-electron chi connectivity index (χ0n) is 29.0. The zero-order valence-corrected chi connectivity index (χ0v) is 29.0. The largest absolute Gasteiger partial charge is 0.462 e. The van der Waals surface area contributed by atoms with E-state index in [1.54, 1.807) is 12.5 Å². The lowest BCUT2D eigenvalue weighted by Crippen LogP contribution is -2.61. The molecule has 4 saturated carbocycles. The summed E-state index contributed by atoms with van der Waals surface area (Å²) in [6, 6.07) is 0. The van der Waals surface area contributed by atoms with Gasteiger partial charge >= 0.3 is 5.97 Å². The van der Waals surface area contributed by atoms with Gasteiger partial charge in [0.2, 0.25) is 0 Å². The van der Waals surface area contributed by atoms with E-state index >= 15 is 0 Å². The third-order valence-electron chi connectivity index (χ3n) is 16.0. The van der Waals surface area contributed by atoms with Gasteiger partial charge in [-0.2, -0.15) is 0 Å². The fourth-order valence-corrected chi connectivity index (χ4v) is 13.7. The molecule has 3 spiro atoms. The molecule has 10 nitrogen and oxygen atoms in total. The summed E-state index contributed by atoms with van der Waals surface area (Å²) in [4.78, 5) is 12.9. The van der Waals surface area contributed by atoms with Crippen molar-refractivity contribution in [1.82, 2.24) is 0 Å². The highest BCUT2D eigenvalue weighted by molar-refractivity contribution is 5.66. The number of esters is 1. The zero-order chi connectivity index (χ0) is 33.3. The lowest BCUT2D eigenvalue weighted by atomic mass is 9.44. The van der Waals surface area contributed by atoms with Crippen molar-refractivity contribution in [2.24, 2.45) is 44.8 Å². The van der Waals surface area contributed by atoms with E-state index in [0.717, 1.165) is 44.9 Å². The number of aliphatic hydroxyl groups excluding tert-OH is 3. The fraction of sp³-hybridized carbons (Fsp3) is 0.919. The van der Waals surface area contributed by atoms with Crippen LogP contribution in [0.4, 0.5) is 0 Å². The Kier molecular flexibility index (Phi) is 6.37. The summed E-state index contributed by atoms with van der Waals surface area (Å²) in [5, 5.41) is 30.9. The minimum absolute atomic E-state index is 0.0156. The standard InChI is InChI=1S/C37H54O10/c1-18-12-37(30-33(6,47-30)17-43-37)46-21-13-32(5)23-9-8-22-31(3,4)24(45-29-28(41)27(40)20(39)15-42-29)10-11-35(22)16-36(23,35)14-25(44-19(2)38)34(32,7)26(18)21/h9,18,20-22,24-30,39-41H,8,10-17H2,1-7H3/t18-,20-,21+,22+,24+,25-,26+,27+,28-,29+,30+,32+,33+,34-,35-,36+,37+/m1/s1. The molecule has 0 bridgehead atoms. The fourth-order valence-electron chi connectivity index (χ4n) is 13.7. The highest BCUT2D eigenvalue weighted by Gasteiger charge is 2.85. The molecule has 10 heteroatoms. The average Bonchev–Trinajstić information content (AvgIpc) is 3.81. The predicted octanol–water partition coefficient (Wildman–Crippen LogP) is 3.63. The van der Waals surface area contributed by atoms with Crippen LogP contribution in [-0.4, -0.2) is 94.9 Å². The first-order chi connectivity index (χ1) is 22.0. The number of carbonyl (C=O) groups excluding carboxylic acids is 1. The van der Waals surface area contributed by atoms with Crippen molar-refractivity contribution in [3.05, 3.63) is 11.6 Å². The molecule has 0 aromatic carbocycles. The van der Waals surface area contributed by atoms with Crippen LogP contribution in [0.15, 0.2) is 11.6 Å². The van der Waals surface area contributed by atoms with E-state index in [0.29, 0.717) is 18.4 Å². The van der Waals surface area contributed by atoms with Crippen LogP contribution >= 0.6 is 0 Å². The molecule has 3 N–H and O–H groups in total. The van der Waals surface area contributed by atoms with E-state index in [1.807, 2.05) is 0 Å². The molecule has 0 aromatic rings. The molecule has 4 heterocycles. The Labute approximate surface area is 277 Å². The Morgan fingerprint density at radius 2 is 1.77 bits per heavy atom. The second kappa shape index (κ2) is 9.40. The van der Waals surface area contributed by atoms with Crippen molar-refractivity contribution >= 4 is 5.97 Å². The highest BCUT2D eigenvalue weighted by atomic mass is 16.8. The number of rotatable bonds is 3. The molecule has 5 aliphatic carbocycles. The first-order valence-electron chi connectivity index (χ1n) is 18.2. The van der Waals surface area contributed by atoms with Crippen LogP contribution in [0.25, 0.3) is 0 Å². The van der Waals surface area contributed by atoms with Gasteiger partial charge in [-0.15, -0.1) is 0 Å². The van der Waals surface area contributed by atoms with E-state index in [-0.39, 0.29) is 75.6 Å². The van der Waals surface area contributed by atoms with Gasteiger partial charge in [0.05, 0.1) is 25.4 Å². The smallest absolute Gasteiger partial charge is 0.302 e. The van der Waals surface area contributed by atoms with Crippen molar-refractivity contribution in [1.29, 1.82) is 0 Å². The quantitative estimate of drug-likeness (QED) is 0.234. The molecule has 9 aliphatic rings. The van der Waals surface area contributed by atoms with Crippen molar-refractivity contribution in [3.8, 4) is 0 Å². The molecule has 8 fully saturated rings. The summed E-state index contributed by atoms with van der Waals surface area (Å²) in [6.45, 7) is 15.9. The first kappa shape index (κ1) is 31.8. The lowest BCUT2D eigenvalue weighted by Gasteiger charge is -2.62. The summed E-state index contributed by atoms with van der Waals surface area (Å²) in [5.41, 5.74) is 0.598. The topological polar surface area (TPSA) is 136 Å². The van der Waals surface area contributed by atoms with Crippen LogP contribution in [0.5, 0.6) is 0 Å². The second-order valence-electron chi connectivity index (χ2n) is 18.5. The average molecular weight is 659 g/mol. The molecular weight excluding hydrogens is 604 g/mol. The molecule has 17 atom stereocenters. The minimum Gasteiger partial charge on any atom is -0.462 e. The molecule has 0 aromatic heterocycles. The van der Waals surface area contributed by atoms with Gasteiger partial charge in [0.1, 0.15) is 36.1 Å². The number of carbonyl (C=O) groups is 1. The Hall–Kier alpha value is -1.11. The van der Waals surface area contributed by atoms with Crippen LogP contribution in [-0.2, 0) is 33.2 Å². The molecular formula is C37H54O10. The molecule has 262 valence electrons. The van der Waals surface area contributed by atoms with Gasteiger partial charge in [-0.05, 0) is 74.0 Å². The maximum Gasteiger partial charge on any atom is 0.302 e. The van der Waals surface area contributed by atoms with Gasteiger partial charge in [-0.25, -0.2) is 0 Å².